The molecule has 4 nitrogen and oxygen atoms in total. The fourth-order valence-corrected chi connectivity index (χ4v) is 3.62. The summed E-state index contributed by atoms with van der Waals surface area (Å²) in [7, 11) is 0. The first-order valence-electron chi connectivity index (χ1n) is 8.94. The number of likely N-dealkylation sites (tertiary alicyclic amines) is 1. The van der Waals surface area contributed by atoms with Crippen molar-refractivity contribution in [2.75, 3.05) is 6.54 Å². The van der Waals surface area contributed by atoms with Gasteiger partial charge < -0.3 is 14.7 Å². The molecule has 2 atom stereocenters. The third-order valence-corrected chi connectivity index (χ3v) is 5.01. The van der Waals surface area contributed by atoms with Crippen LogP contribution in [0.1, 0.15) is 31.2 Å². The van der Waals surface area contributed by atoms with E-state index in [-0.39, 0.29) is 19.4 Å². The highest BCUT2D eigenvalue weighted by atomic mass is 19.4. The first-order valence-corrected chi connectivity index (χ1v) is 8.94. The minimum absolute atomic E-state index is 0.172. The number of carboxylic acids is 1. The molecule has 7 heteroatoms. The van der Waals surface area contributed by atoms with E-state index in [0.29, 0.717) is 19.4 Å². The molecule has 1 fully saturated rings. The molecule has 3 rings (SSSR count). The third kappa shape index (κ3) is 5.05. The van der Waals surface area contributed by atoms with Gasteiger partial charge in [0.2, 0.25) is 0 Å². The minimum atomic E-state index is -4.31. The van der Waals surface area contributed by atoms with Crippen molar-refractivity contribution < 1.29 is 27.8 Å². The molecule has 1 N–H and O–H groups in total. The molecular weight excluding hydrogens is 359 g/mol. The van der Waals surface area contributed by atoms with E-state index in [0.717, 1.165) is 17.0 Å². The number of hydrogen-bond donors (Lipinski definition) is 1. The molecule has 146 valence electrons. The molecule has 0 saturated carbocycles. The Kier molecular flexibility index (Phi) is 5.77. The van der Waals surface area contributed by atoms with Crippen LogP contribution in [0.2, 0.25) is 0 Å². The Labute approximate surface area is 155 Å². The molecule has 1 aliphatic carbocycles. The quantitative estimate of drug-likeness (QED) is 0.789. The van der Waals surface area contributed by atoms with Crippen molar-refractivity contribution in [1.82, 2.24) is 4.90 Å². The Hall–Kier alpha value is -2.44. The van der Waals surface area contributed by atoms with Crippen LogP contribution in [0.3, 0.4) is 0 Å². The van der Waals surface area contributed by atoms with Gasteiger partial charge in [-0.2, -0.15) is 13.2 Å². The highest BCUT2D eigenvalue weighted by Crippen LogP contribution is 2.40. The zero-order chi connectivity index (χ0) is 19.4. The number of aliphatic carboxylic acids is 1. The van der Waals surface area contributed by atoms with E-state index in [9.17, 15) is 18.0 Å². The zero-order valence-electron chi connectivity index (χ0n) is 14.8. The molecule has 0 spiro atoms. The largest absolute Gasteiger partial charge is 0.493 e. The Balaban J connectivity index is 1.66. The van der Waals surface area contributed by atoms with Crippen LogP contribution in [0.5, 0.6) is 0 Å². The van der Waals surface area contributed by atoms with Gasteiger partial charge in [-0.3, -0.25) is 4.79 Å². The van der Waals surface area contributed by atoms with Crippen LogP contribution in [0.15, 0.2) is 53.9 Å². The van der Waals surface area contributed by atoms with Gasteiger partial charge in [0.1, 0.15) is 6.61 Å². The number of ether oxygens (including phenoxy) is 1. The fraction of sp³-hybridized carbons (Fsp3) is 0.450. The van der Waals surface area contributed by atoms with Gasteiger partial charge in [-0.1, -0.05) is 30.3 Å². The second kappa shape index (κ2) is 8.06. The molecule has 1 heterocycles. The lowest BCUT2D eigenvalue weighted by molar-refractivity contribution is -0.170. The second-order valence-electron chi connectivity index (χ2n) is 6.94. The van der Waals surface area contributed by atoms with Crippen molar-refractivity contribution in [1.29, 1.82) is 0 Å². The summed E-state index contributed by atoms with van der Waals surface area (Å²) < 4.78 is 45.1. The van der Waals surface area contributed by atoms with Crippen LogP contribution in [0.4, 0.5) is 13.2 Å². The lowest BCUT2D eigenvalue weighted by Crippen LogP contribution is -2.32. The maximum absolute atomic E-state index is 13.1. The van der Waals surface area contributed by atoms with E-state index in [1.165, 1.54) is 0 Å². The van der Waals surface area contributed by atoms with Crippen molar-refractivity contribution in [3.8, 4) is 0 Å². The molecule has 2 aliphatic rings. The molecule has 1 saturated heterocycles. The first kappa shape index (κ1) is 19.3. The standard InChI is InChI=1S/C20H22F3NO3/c21-20(22,23)15-10-17(11-19(25)26)24(12-15)16-6-8-18(9-7-16)27-13-14-4-2-1-3-5-14/h1-6,8,15,17H,7,9-13H2,(H,25,26). The molecule has 0 aromatic heterocycles. The lowest BCUT2D eigenvalue weighted by atomic mass is 10.0. The summed E-state index contributed by atoms with van der Waals surface area (Å²) in [5.41, 5.74) is 1.79. The molecule has 27 heavy (non-hydrogen) atoms. The number of hydrogen-bond acceptors (Lipinski definition) is 3. The average Bonchev–Trinajstić information content (AvgIpc) is 3.05. The monoisotopic (exact) mass is 381 g/mol. The van der Waals surface area contributed by atoms with Gasteiger partial charge in [-0.15, -0.1) is 0 Å². The van der Waals surface area contributed by atoms with Crippen LogP contribution >= 0.6 is 0 Å². The molecular formula is C20H22F3NO3. The van der Waals surface area contributed by atoms with Gasteiger partial charge in [-0.25, -0.2) is 0 Å². The zero-order valence-corrected chi connectivity index (χ0v) is 14.8. The average molecular weight is 381 g/mol. The Morgan fingerprint density at radius 3 is 2.52 bits per heavy atom. The van der Waals surface area contributed by atoms with Crippen molar-refractivity contribution in [3.63, 3.8) is 0 Å². The third-order valence-electron chi connectivity index (χ3n) is 5.01. The van der Waals surface area contributed by atoms with Crippen molar-refractivity contribution >= 4 is 5.97 Å². The molecule has 1 aliphatic heterocycles. The smallest absolute Gasteiger partial charge is 0.393 e. The first-order chi connectivity index (χ1) is 12.8. The van der Waals surface area contributed by atoms with E-state index in [1.807, 2.05) is 30.3 Å². The summed E-state index contributed by atoms with van der Waals surface area (Å²) in [6, 6.07) is 9.08. The van der Waals surface area contributed by atoms with E-state index in [4.69, 9.17) is 9.84 Å². The molecule has 2 unspecified atom stereocenters. The summed E-state index contributed by atoms with van der Waals surface area (Å²) in [5.74, 6) is -1.78. The van der Waals surface area contributed by atoms with E-state index >= 15 is 0 Å². The van der Waals surface area contributed by atoms with Crippen LogP contribution < -0.4 is 0 Å². The number of carbonyl (C=O) groups is 1. The number of rotatable bonds is 6. The van der Waals surface area contributed by atoms with E-state index in [2.05, 4.69) is 0 Å². The Morgan fingerprint density at radius 1 is 1.19 bits per heavy atom. The summed E-state index contributed by atoms with van der Waals surface area (Å²) in [4.78, 5) is 12.7. The SMILES string of the molecule is O=C(O)CC1CC(C(F)(F)F)CN1C1=CC=C(OCc2ccccc2)CC1. The van der Waals surface area contributed by atoms with Crippen LogP contribution in [0.25, 0.3) is 0 Å². The minimum Gasteiger partial charge on any atom is -0.493 e. The Morgan fingerprint density at radius 2 is 1.93 bits per heavy atom. The maximum atomic E-state index is 13.1. The van der Waals surface area contributed by atoms with Crippen molar-refractivity contribution in [3.05, 3.63) is 59.5 Å². The van der Waals surface area contributed by atoms with Crippen molar-refractivity contribution in [2.45, 2.75) is 44.5 Å². The van der Waals surface area contributed by atoms with Crippen molar-refractivity contribution in [2.24, 2.45) is 5.92 Å². The number of nitrogens with zero attached hydrogens (tertiary/aromatic N) is 1. The number of alkyl halides is 3. The van der Waals surface area contributed by atoms with Gasteiger partial charge >= 0.3 is 12.1 Å². The predicted octanol–water partition coefficient (Wildman–Crippen LogP) is 4.49. The fourth-order valence-electron chi connectivity index (χ4n) is 3.62. The summed E-state index contributed by atoms with van der Waals surface area (Å²) in [5, 5.41) is 9.04. The lowest BCUT2D eigenvalue weighted by Gasteiger charge is -2.30. The molecule has 0 bridgehead atoms. The highest BCUT2D eigenvalue weighted by Gasteiger charge is 2.48. The molecule has 0 radical (unpaired) electrons. The maximum Gasteiger partial charge on any atom is 0.393 e. The summed E-state index contributed by atoms with van der Waals surface area (Å²) in [6.45, 7) is 0.263. The molecule has 1 aromatic carbocycles. The van der Waals surface area contributed by atoms with Gasteiger partial charge in [0.25, 0.3) is 0 Å². The topological polar surface area (TPSA) is 49.8 Å². The number of carboxylic acid groups (broad SMARTS) is 1. The summed E-state index contributed by atoms with van der Waals surface area (Å²) >= 11 is 0. The van der Waals surface area contributed by atoms with Gasteiger partial charge in [0, 0.05) is 24.7 Å². The van der Waals surface area contributed by atoms with Gasteiger partial charge in [0.15, 0.2) is 0 Å². The second-order valence-corrected chi connectivity index (χ2v) is 6.94. The Bertz CT molecular complexity index is 728. The summed E-state index contributed by atoms with van der Waals surface area (Å²) in [6.07, 6.45) is -0.0926. The number of benzene rings is 1. The van der Waals surface area contributed by atoms with Crippen LogP contribution in [-0.4, -0.2) is 34.7 Å². The van der Waals surface area contributed by atoms with Gasteiger partial charge in [-0.05, 0) is 30.6 Å². The van der Waals surface area contributed by atoms with Crippen LogP contribution in [0, 0.1) is 5.92 Å². The molecule has 1 aromatic rings. The normalized spacial score (nSPS) is 23.0. The van der Waals surface area contributed by atoms with Gasteiger partial charge in [0.05, 0.1) is 18.1 Å². The number of halogens is 3. The van der Waals surface area contributed by atoms with E-state index < -0.39 is 24.1 Å². The van der Waals surface area contributed by atoms with Crippen LogP contribution in [-0.2, 0) is 16.1 Å². The number of allylic oxidation sites excluding steroid dienone is 4. The molecule has 0 amide bonds. The predicted molar refractivity (Wildman–Crippen MR) is 93.5 cm³/mol. The van der Waals surface area contributed by atoms with E-state index in [1.54, 1.807) is 17.1 Å². The highest BCUT2D eigenvalue weighted by molar-refractivity contribution is 5.67.